The predicted octanol–water partition coefficient (Wildman–Crippen LogP) is 1.57. The number of aliphatic hydroxyl groups excluding tert-OH is 1. The number of ether oxygens (including phenoxy) is 1. The molecule has 29 heavy (non-hydrogen) atoms. The average Bonchev–Trinajstić information content (AvgIpc) is 3.50. The molecule has 1 saturated carbocycles. The van der Waals surface area contributed by atoms with Crippen LogP contribution in [0.15, 0.2) is 18.2 Å². The van der Waals surface area contributed by atoms with E-state index < -0.39 is 0 Å². The number of aromatic nitrogens is 1. The lowest BCUT2D eigenvalue weighted by atomic mass is 9.68. The number of rotatable bonds is 3. The van der Waals surface area contributed by atoms with Crippen molar-refractivity contribution in [2.75, 3.05) is 33.4 Å². The first-order valence-electron chi connectivity index (χ1n) is 10.2. The van der Waals surface area contributed by atoms with E-state index in [1.54, 1.807) is 18.9 Å². The lowest BCUT2D eigenvalue weighted by Gasteiger charge is -2.56. The highest BCUT2D eigenvalue weighted by Crippen LogP contribution is 2.50. The van der Waals surface area contributed by atoms with E-state index in [2.05, 4.69) is 10.6 Å². The van der Waals surface area contributed by atoms with E-state index in [0.717, 1.165) is 35.2 Å². The Kier molecular flexibility index (Phi) is 3.97. The van der Waals surface area contributed by atoms with Gasteiger partial charge in [-0.15, -0.1) is 0 Å². The van der Waals surface area contributed by atoms with Crippen molar-refractivity contribution < 1.29 is 19.4 Å². The summed E-state index contributed by atoms with van der Waals surface area (Å²) in [7, 11) is 3.62. The smallest absolute Gasteiger partial charge is 0.225 e. The van der Waals surface area contributed by atoms with E-state index >= 15 is 0 Å². The summed E-state index contributed by atoms with van der Waals surface area (Å²) in [5.74, 6) is 1.16. The van der Waals surface area contributed by atoms with Gasteiger partial charge in [0, 0.05) is 56.7 Å². The second kappa shape index (κ2) is 6.23. The lowest BCUT2D eigenvalue weighted by molar-refractivity contribution is -0.145. The molecule has 1 aliphatic carbocycles. The summed E-state index contributed by atoms with van der Waals surface area (Å²) in [5.41, 5.74) is 2.88. The van der Waals surface area contributed by atoms with Crippen molar-refractivity contribution >= 4 is 22.7 Å². The minimum atomic E-state index is -0.385. The Labute approximate surface area is 169 Å². The van der Waals surface area contributed by atoms with Crippen LogP contribution in [-0.4, -0.2) is 64.6 Å². The SMILES string of the molecule is COc1ccc2c3c(n(C)c2c1)[C@@H](CO)N(C(C)=O)CC31CN(C(=O)C2CC2)C1. The van der Waals surface area contributed by atoms with Crippen LogP contribution in [0.25, 0.3) is 10.9 Å². The van der Waals surface area contributed by atoms with Crippen LogP contribution in [0.3, 0.4) is 0 Å². The number of carbonyl (C=O) groups is 2. The van der Waals surface area contributed by atoms with Gasteiger partial charge < -0.3 is 24.2 Å². The molecule has 1 atom stereocenters. The monoisotopic (exact) mass is 397 g/mol. The standard InChI is InChI=1S/C22H27N3O4/c1-13(27)25-12-22(10-24(11-22)21(28)14-4-5-14)19-16-7-6-15(29-3)8-17(16)23(2)20(19)18(25)9-26/h6-8,14,18,26H,4-5,9-12H2,1-3H3/t18-/m1/s1. The number of hydrogen-bond acceptors (Lipinski definition) is 4. The normalized spacial score (nSPS) is 22.6. The van der Waals surface area contributed by atoms with Crippen molar-refractivity contribution in [1.82, 2.24) is 14.4 Å². The Balaban J connectivity index is 1.67. The molecule has 1 spiro atoms. The Bertz CT molecular complexity index is 1020. The maximum absolute atomic E-state index is 12.6. The molecule has 0 unspecified atom stereocenters. The van der Waals surface area contributed by atoms with Crippen LogP contribution >= 0.6 is 0 Å². The number of fused-ring (bicyclic) bond motifs is 4. The molecule has 2 fully saturated rings. The lowest BCUT2D eigenvalue weighted by Crippen LogP contribution is -2.68. The topological polar surface area (TPSA) is 75.0 Å². The summed E-state index contributed by atoms with van der Waals surface area (Å²) in [6.45, 7) is 3.21. The van der Waals surface area contributed by atoms with Crippen molar-refractivity contribution in [3.8, 4) is 5.75 Å². The van der Waals surface area contributed by atoms with Gasteiger partial charge in [0.15, 0.2) is 0 Å². The molecule has 0 radical (unpaired) electrons. The molecule has 2 aromatic rings. The summed E-state index contributed by atoms with van der Waals surface area (Å²) < 4.78 is 7.50. The minimum Gasteiger partial charge on any atom is -0.497 e. The molecule has 5 rings (SSSR count). The largest absolute Gasteiger partial charge is 0.497 e. The van der Waals surface area contributed by atoms with Gasteiger partial charge in [0.05, 0.1) is 30.7 Å². The quantitative estimate of drug-likeness (QED) is 0.853. The fourth-order valence-corrected chi connectivity index (χ4v) is 5.38. The first kappa shape index (κ1) is 18.5. The van der Waals surface area contributed by atoms with Crippen LogP contribution in [-0.2, 0) is 22.1 Å². The summed E-state index contributed by atoms with van der Waals surface area (Å²) in [6.07, 6.45) is 1.99. The van der Waals surface area contributed by atoms with Gasteiger partial charge in [0.1, 0.15) is 5.75 Å². The van der Waals surface area contributed by atoms with Crippen molar-refractivity contribution in [2.24, 2.45) is 13.0 Å². The van der Waals surface area contributed by atoms with E-state index in [0.29, 0.717) is 19.6 Å². The summed E-state index contributed by atoms with van der Waals surface area (Å²) in [6, 6.07) is 5.63. The molecule has 3 aliphatic rings. The van der Waals surface area contributed by atoms with Gasteiger partial charge in [-0.2, -0.15) is 0 Å². The molecule has 3 heterocycles. The van der Waals surface area contributed by atoms with E-state index in [1.165, 1.54) is 5.56 Å². The van der Waals surface area contributed by atoms with Crippen LogP contribution in [0.5, 0.6) is 5.75 Å². The second-order valence-electron chi connectivity index (χ2n) is 8.80. The van der Waals surface area contributed by atoms with Gasteiger partial charge in [-0.3, -0.25) is 9.59 Å². The number of hydrogen-bond donors (Lipinski definition) is 1. The summed E-state index contributed by atoms with van der Waals surface area (Å²) in [4.78, 5) is 28.8. The highest BCUT2D eigenvalue weighted by atomic mass is 16.5. The Hall–Kier alpha value is -2.54. The number of amides is 2. The van der Waals surface area contributed by atoms with Crippen LogP contribution in [0, 0.1) is 5.92 Å². The van der Waals surface area contributed by atoms with Gasteiger partial charge in [-0.25, -0.2) is 0 Å². The van der Waals surface area contributed by atoms with Gasteiger partial charge >= 0.3 is 0 Å². The number of methoxy groups -OCH3 is 1. The fourth-order valence-electron chi connectivity index (χ4n) is 5.38. The first-order valence-corrected chi connectivity index (χ1v) is 10.2. The van der Waals surface area contributed by atoms with Gasteiger partial charge in [-0.05, 0) is 30.5 Å². The molecule has 7 heteroatoms. The number of aliphatic hydroxyl groups is 1. The van der Waals surface area contributed by atoms with Crippen LogP contribution in [0.4, 0.5) is 0 Å². The third-order valence-electron chi connectivity index (χ3n) is 6.95. The number of carbonyl (C=O) groups excluding carboxylic acids is 2. The molecule has 1 N–H and O–H groups in total. The third-order valence-corrected chi connectivity index (χ3v) is 6.95. The molecule has 154 valence electrons. The number of aryl methyl sites for hydroxylation is 1. The van der Waals surface area contributed by atoms with E-state index in [4.69, 9.17) is 4.74 Å². The Morgan fingerprint density at radius 3 is 2.55 bits per heavy atom. The van der Waals surface area contributed by atoms with Gasteiger partial charge in [-0.1, -0.05) is 0 Å². The molecule has 1 aromatic heterocycles. The van der Waals surface area contributed by atoms with Crippen LogP contribution in [0.2, 0.25) is 0 Å². The molecule has 2 aliphatic heterocycles. The highest BCUT2D eigenvalue weighted by molar-refractivity contribution is 5.91. The van der Waals surface area contributed by atoms with E-state index in [-0.39, 0.29) is 35.8 Å². The molecule has 2 amide bonds. The minimum absolute atomic E-state index is 0.0520. The molecular formula is C22H27N3O4. The zero-order valence-electron chi connectivity index (χ0n) is 17.1. The molecule has 7 nitrogen and oxygen atoms in total. The number of benzene rings is 1. The summed E-state index contributed by atoms with van der Waals surface area (Å²) in [5, 5.41) is 11.3. The molecule has 1 aromatic carbocycles. The predicted molar refractivity (Wildman–Crippen MR) is 108 cm³/mol. The van der Waals surface area contributed by atoms with Crippen molar-refractivity contribution in [1.29, 1.82) is 0 Å². The zero-order valence-corrected chi connectivity index (χ0v) is 17.1. The molecule has 1 saturated heterocycles. The maximum atomic E-state index is 12.6. The summed E-state index contributed by atoms with van der Waals surface area (Å²) >= 11 is 0. The molecule has 0 bridgehead atoms. The van der Waals surface area contributed by atoms with Crippen molar-refractivity contribution in [2.45, 2.75) is 31.2 Å². The van der Waals surface area contributed by atoms with Crippen molar-refractivity contribution in [3.05, 3.63) is 29.5 Å². The second-order valence-corrected chi connectivity index (χ2v) is 8.80. The van der Waals surface area contributed by atoms with Gasteiger partial charge in [0.2, 0.25) is 11.8 Å². The van der Waals surface area contributed by atoms with Crippen LogP contribution in [0.1, 0.15) is 37.1 Å². The highest BCUT2D eigenvalue weighted by Gasteiger charge is 2.56. The third kappa shape index (κ3) is 2.53. The zero-order chi connectivity index (χ0) is 20.5. The fraction of sp³-hybridized carbons (Fsp3) is 0.545. The first-order chi connectivity index (χ1) is 13.9. The van der Waals surface area contributed by atoms with E-state index in [1.807, 2.05) is 24.1 Å². The number of likely N-dealkylation sites (tertiary alicyclic amines) is 1. The van der Waals surface area contributed by atoms with Crippen molar-refractivity contribution in [3.63, 3.8) is 0 Å². The van der Waals surface area contributed by atoms with Crippen LogP contribution < -0.4 is 4.74 Å². The molecular weight excluding hydrogens is 370 g/mol. The Morgan fingerprint density at radius 2 is 1.97 bits per heavy atom. The van der Waals surface area contributed by atoms with Gasteiger partial charge in [0.25, 0.3) is 0 Å². The average molecular weight is 397 g/mol. The Morgan fingerprint density at radius 1 is 1.24 bits per heavy atom. The maximum Gasteiger partial charge on any atom is 0.225 e. The van der Waals surface area contributed by atoms with E-state index in [9.17, 15) is 14.7 Å². The number of nitrogens with zero attached hydrogens (tertiary/aromatic N) is 3.